The summed E-state index contributed by atoms with van der Waals surface area (Å²) in [5.74, 6) is 0.805. The van der Waals surface area contributed by atoms with Gasteiger partial charge in [0.05, 0.1) is 0 Å². The standard InChI is InChI=1S/C11H27N3/c1-11(2)5-7-13(3)9-10-14(4)8-6-12/h11H,5-10,12H2,1-4H3. The summed E-state index contributed by atoms with van der Waals surface area (Å²) in [5, 5.41) is 0. The Kier molecular flexibility index (Phi) is 8.14. The van der Waals surface area contributed by atoms with Crippen LogP contribution in [0.2, 0.25) is 0 Å². The van der Waals surface area contributed by atoms with Gasteiger partial charge in [-0.3, -0.25) is 0 Å². The van der Waals surface area contributed by atoms with Gasteiger partial charge in [-0.05, 0) is 33.0 Å². The summed E-state index contributed by atoms with van der Waals surface area (Å²) in [5.41, 5.74) is 5.48. The van der Waals surface area contributed by atoms with Gasteiger partial charge in [-0.1, -0.05) is 13.8 Å². The molecule has 86 valence electrons. The molecule has 0 aliphatic rings. The summed E-state index contributed by atoms with van der Waals surface area (Å²) in [6.45, 7) is 9.76. The van der Waals surface area contributed by atoms with E-state index in [1.54, 1.807) is 0 Å². The molecular weight excluding hydrogens is 174 g/mol. The van der Waals surface area contributed by atoms with Gasteiger partial charge in [0.1, 0.15) is 0 Å². The molecule has 0 aromatic heterocycles. The molecule has 0 rings (SSSR count). The fraction of sp³-hybridized carbons (Fsp3) is 1.00. The van der Waals surface area contributed by atoms with Crippen molar-refractivity contribution in [1.29, 1.82) is 0 Å². The molecule has 0 fully saturated rings. The van der Waals surface area contributed by atoms with Crippen LogP contribution in [0, 0.1) is 5.92 Å². The normalized spacial score (nSPS) is 12.0. The van der Waals surface area contributed by atoms with Crippen molar-refractivity contribution in [2.45, 2.75) is 20.3 Å². The topological polar surface area (TPSA) is 32.5 Å². The Balaban J connectivity index is 3.38. The van der Waals surface area contributed by atoms with E-state index in [2.05, 4.69) is 37.7 Å². The van der Waals surface area contributed by atoms with Crippen molar-refractivity contribution in [1.82, 2.24) is 9.80 Å². The summed E-state index contributed by atoms with van der Waals surface area (Å²) < 4.78 is 0. The summed E-state index contributed by atoms with van der Waals surface area (Å²) in [7, 11) is 4.32. The Morgan fingerprint density at radius 1 is 0.929 bits per heavy atom. The lowest BCUT2D eigenvalue weighted by atomic mass is 10.1. The minimum absolute atomic E-state index is 0.756. The smallest absolute Gasteiger partial charge is 0.0107 e. The quantitative estimate of drug-likeness (QED) is 0.632. The second-order valence-electron chi connectivity index (χ2n) is 4.58. The lowest BCUT2D eigenvalue weighted by Gasteiger charge is -2.22. The molecular formula is C11H27N3. The van der Waals surface area contributed by atoms with E-state index in [0.29, 0.717) is 0 Å². The number of hydrogen-bond acceptors (Lipinski definition) is 3. The Bertz CT molecular complexity index is 126. The first kappa shape index (κ1) is 13.9. The fourth-order valence-corrected chi connectivity index (χ4v) is 1.26. The lowest BCUT2D eigenvalue weighted by Crippen LogP contribution is -2.34. The van der Waals surface area contributed by atoms with Crippen LogP contribution in [-0.4, -0.2) is 56.6 Å². The summed E-state index contributed by atoms with van der Waals surface area (Å²) in [6, 6.07) is 0. The molecule has 3 heteroatoms. The number of nitrogens with two attached hydrogens (primary N) is 1. The summed E-state index contributed by atoms with van der Waals surface area (Å²) >= 11 is 0. The molecule has 0 spiro atoms. The van der Waals surface area contributed by atoms with E-state index in [-0.39, 0.29) is 0 Å². The fourth-order valence-electron chi connectivity index (χ4n) is 1.26. The van der Waals surface area contributed by atoms with E-state index in [1.165, 1.54) is 13.0 Å². The van der Waals surface area contributed by atoms with Gasteiger partial charge in [0.2, 0.25) is 0 Å². The number of hydrogen-bond donors (Lipinski definition) is 1. The zero-order valence-corrected chi connectivity index (χ0v) is 10.3. The van der Waals surface area contributed by atoms with Crippen LogP contribution in [0.5, 0.6) is 0 Å². The maximum absolute atomic E-state index is 5.48. The van der Waals surface area contributed by atoms with E-state index in [0.717, 1.165) is 32.1 Å². The zero-order chi connectivity index (χ0) is 11.0. The summed E-state index contributed by atoms with van der Waals surface area (Å²) in [4.78, 5) is 4.68. The van der Waals surface area contributed by atoms with Gasteiger partial charge in [-0.25, -0.2) is 0 Å². The molecule has 0 atom stereocenters. The molecule has 0 unspecified atom stereocenters. The average Bonchev–Trinajstić information content (AvgIpc) is 2.12. The lowest BCUT2D eigenvalue weighted by molar-refractivity contribution is 0.251. The monoisotopic (exact) mass is 201 g/mol. The third kappa shape index (κ3) is 8.48. The van der Waals surface area contributed by atoms with Crippen molar-refractivity contribution in [2.24, 2.45) is 11.7 Å². The van der Waals surface area contributed by atoms with Gasteiger partial charge >= 0.3 is 0 Å². The molecule has 0 aromatic rings. The van der Waals surface area contributed by atoms with Crippen molar-refractivity contribution in [2.75, 3.05) is 46.8 Å². The Morgan fingerprint density at radius 2 is 1.43 bits per heavy atom. The van der Waals surface area contributed by atoms with Crippen LogP contribution in [0.3, 0.4) is 0 Å². The van der Waals surface area contributed by atoms with E-state index in [1.807, 2.05) is 0 Å². The highest BCUT2D eigenvalue weighted by atomic mass is 15.2. The maximum atomic E-state index is 5.48. The van der Waals surface area contributed by atoms with E-state index in [4.69, 9.17) is 5.73 Å². The van der Waals surface area contributed by atoms with Crippen LogP contribution >= 0.6 is 0 Å². The average molecular weight is 201 g/mol. The van der Waals surface area contributed by atoms with Crippen LogP contribution in [0.1, 0.15) is 20.3 Å². The van der Waals surface area contributed by atoms with Gasteiger partial charge in [0.25, 0.3) is 0 Å². The highest BCUT2D eigenvalue weighted by Crippen LogP contribution is 2.00. The minimum Gasteiger partial charge on any atom is -0.329 e. The molecule has 0 radical (unpaired) electrons. The van der Waals surface area contributed by atoms with Crippen LogP contribution in [-0.2, 0) is 0 Å². The maximum Gasteiger partial charge on any atom is 0.0107 e. The van der Waals surface area contributed by atoms with Crippen LogP contribution in [0.15, 0.2) is 0 Å². The molecule has 0 saturated carbocycles. The molecule has 0 aromatic carbocycles. The highest BCUT2D eigenvalue weighted by molar-refractivity contribution is 4.58. The molecule has 0 amide bonds. The first-order valence-corrected chi connectivity index (χ1v) is 5.63. The SMILES string of the molecule is CC(C)CCN(C)CCN(C)CCN. The van der Waals surface area contributed by atoms with Gasteiger partial charge < -0.3 is 15.5 Å². The molecule has 0 heterocycles. The minimum atomic E-state index is 0.756. The Morgan fingerprint density at radius 3 is 1.86 bits per heavy atom. The predicted octanol–water partition coefficient (Wildman–Crippen LogP) is 0.855. The second-order valence-corrected chi connectivity index (χ2v) is 4.58. The van der Waals surface area contributed by atoms with Crippen molar-refractivity contribution in [3.8, 4) is 0 Å². The van der Waals surface area contributed by atoms with Crippen molar-refractivity contribution in [3.05, 3.63) is 0 Å². The first-order valence-electron chi connectivity index (χ1n) is 5.63. The van der Waals surface area contributed by atoms with Crippen LogP contribution in [0.25, 0.3) is 0 Å². The van der Waals surface area contributed by atoms with Crippen molar-refractivity contribution >= 4 is 0 Å². The van der Waals surface area contributed by atoms with E-state index < -0.39 is 0 Å². The molecule has 0 aliphatic carbocycles. The van der Waals surface area contributed by atoms with Crippen LogP contribution in [0.4, 0.5) is 0 Å². The number of likely N-dealkylation sites (N-methyl/N-ethyl adjacent to an activating group) is 2. The predicted molar refractivity (Wildman–Crippen MR) is 63.5 cm³/mol. The molecule has 3 nitrogen and oxygen atoms in total. The number of nitrogens with zero attached hydrogens (tertiary/aromatic N) is 2. The van der Waals surface area contributed by atoms with Gasteiger partial charge in [0.15, 0.2) is 0 Å². The molecule has 0 aliphatic heterocycles. The van der Waals surface area contributed by atoms with Crippen LogP contribution < -0.4 is 5.73 Å². The third-order valence-electron chi connectivity index (χ3n) is 2.46. The second kappa shape index (κ2) is 8.21. The molecule has 0 saturated heterocycles. The third-order valence-corrected chi connectivity index (χ3v) is 2.46. The Hall–Kier alpha value is -0.120. The highest BCUT2D eigenvalue weighted by Gasteiger charge is 2.02. The van der Waals surface area contributed by atoms with Gasteiger partial charge in [-0.15, -0.1) is 0 Å². The molecule has 14 heavy (non-hydrogen) atoms. The first-order chi connectivity index (χ1) is 6.56. The zero-order valence-electron chi connectivity index (χ0n) is 10.3. The van der Waals surface area contributed by atoms with E-state index in [9.17, 15) is 0 Å². The summed E-state index contributed by atoms with van der Waals surface area (Å²) in [6.07, 6.45) is 1.29. The van der Waals surface area contributed by atoms with Crippen molar-refractivity contribution < 1.29 is 0 Å². The Labute approximate surface area is 89.2 Å². The van der Waals surface area contributed by atoms with Gasteiger partial charge in [0, 0.05) is 26.2 Å². The number of rotatable bonds is 8. The van der Waals surface area contributed by atoms with Crippen molar-refractivity contribution in [3.63, 3.8) is 0 Å². The largest absolute Gasteiger partial charge is 0.329 e. The van der Waals surface area contributed by atoms with E-state index >= 15 is 0 Å². The molecule has 0 bridgehead atoms. The molecule has 2 N–H and O–H groups in total. The van der Waals surface area contributed by atoms with Gasteiger partial charge in [-0.2, -0.15) is 0 Å².